The number of hydrogen-bond donors (Lipinski definition) is 0. The second-order valence-corrected chi connectivity index (χ2v) is 3.91. The first-order chi connectivity index (χ1) is 5.24. The Bertz CT molecular complexity index is 252. The molecular weight excluding hydrogens is 201 g/mol. The van der Waals surface area contributed by atoms with Crippen LogP contribution >= 0.6 is 35.0 Å². The van der Waals surface area contributed by atoms with Crippen LogP contribution in [-0.4, -0.2) is 10.7 Å². The van der Waals surface area contributed by atoms with Crippen molar-refractivity contribution in [3.05, 3.63) is 22.4 Å². The summed E-state index contributed by atoms with van der Waals surface area (Å²) in [6.07, 6.45) is 0. The lowest BCUT2D eigenvalue weighted by Gasteiger charge is -1.99. The van der Waals surface area contributed by atoms with E-state index in [9.17, 15) is 0 Å². The van der Waals surface area contributed by atoms with Crippen LogP contribution in [0, 0.1) is 0 Å². The Morgan fingerprint density at radius 1 is 1.45 bits per heavy atom. The van der Waals surface area contributed by atoms with Crippen LogP contribution in [0.15, 0.2) is 17.0 Å². The molecule has 1 nitrogen and oxygen atoms in total. The van der Waals surface area contributed by atoms with Gasteiger partial charge in [0.15, 0.2) is 0 Å². The summed E-state index contributed by atoms with van der Waals surface area (Å²) < 4.78 is 0. The van der Waals surface area contributed by atoms with Gasteiger partial charge in [0.05, 0.1) is 0 Å². The van der Waals surface area contributed by atoms with E-state index in [4.69, 9.17) is 23.2 Å². The van der Waals surface area contributed by atoms with Crippen molar-refractivity contribution >= 4 is 35.0 Å². The van der Waals surface area contributed by atoms with Crippen LogP contribution in [0.1, 0.15) is 6.92 Å². The van der Waals surface area contributed by atoms with Crippen LogP contribution in [0.5, 0.6) is 0 Å². The van der Waals surface area contributed by atoms with E-state index in [1.54, 1.807) is 17.8 Å². The molecule has 0 unspecified atom stereocenters. The second kappa shape index (κ2) is 4.19. The molecule has 0 N–H and O–H groups in total. The molecule has 0 saturated heterocycles. The molecule has 0 bridgehead atoms. The summed E-state index contributed by atoms with van der Waals surface area (Å²) in [5.41, 5.74) is 0. The first-order valence-corrected chi connectivity index (χ1v) is 4.93. The summed E-state index contributed by atoms with van der Waals surface area (Å²) in [5, 5.41) is 0.930. The first kappa shape index (κ1) is 9.17. The Morgan fingerprint density at radius 2 is 2.18 bits per heavy atom. The quantitative estimate of drug-likeness (QED) is 0.544. The molecular formula is C7H7Cl2NS. The van der Waals surface area contributed by atoms with Gasteiger partial charge < -0.3 is 0 Å². The standard InChI is InChI=1S/C7H7Cl2NS/c1-2-11-5-3-4-6(8)10-7(5)9/h3-4H,2H2,1H3. The Labute approximate surface area is 80.1 Å². The van der Waals surface area contributed by atoms with Gasteiger partial charge in [-0.15, -0.1) is 11.8 Å². The minimum Gasteiger partial charge on any atom is -0.223 e. The molecule has 1 aromatic heterocycles. The van der Waals surface area contributed by atoms with Crippen molar-refractivity contribution in [1.82, 2.24) is 4.98 Å². The largest absolute Gasteiger partial charge is 0.223 e. The van der Waals surface area contributed by atoms with Crippen LogP contribution in [0.2, 0.25) is 10.3 Å². The minimum atomic E-state index is 0.440. The van der Waals surface area contributed by atoms with Gasteiger partial charge in [0.1, 0.15) is 10.3 Å². The minimum absolute atomic E-state index is 0.440. The van der Waals surface area contributed by atoms with Crippen molar-refractivity contribution < 1.29 is 0 Å². The van der Waals surface area contributed by atoms with Crippen LogP contribution in [0.3, 0.4) is 0 Å². The van der Waals surface area contributed by atoms with E-state index in [-0.39, 0.29) is 0 Å². The van der Waals surface area contributed by atoms with Gasteiger partial charge >= 0.3 is 0 Å². The highest BCUT2D eigenvalue weighted by atomic mass is 35.5. The van der Waals surface area contributed by atoms with Gasteiger partial charge in [-0.1, -0.05) is 30.1 Å². The molecule has 11 heavy (non-hydrogen) atoms. The van der Waals surface area contributed by atoms with Gasteiger partial charge in [0.2, 0.25) is 0 Å². The third-order valence-electron chi connectivity index (χ3n) is 1.08. The van der Waals surface area contributed by atoms with Gasteiger partial charge in [-0.3, -0.25) is 0 Å². The van der Waals surface area contributed by atoms with E-state index >= 15 is 0 Å². The zero-order valence-corrected chi connectivity index (χ0v) is 8.30. The van der Waals surface area contributed by atoms with Crippen molar-refractivity contribution in [3.8, 4) is 0 Å². The van der Waals surface area contributed by atoms with E-state index in [1.807, 2.05) is 6.07 Å². The fraction of sp³-hybridized carbons (Fsp3) is 0.286. The average Bonchev–Trinajstić information content (AvgIpc) is 1.95. The molecule has 0 radical (unpaired) electrons. The summed E-state index contributed by atoms with van der Waals surface area (Å²) in [5.74, 6) is 0.989. The van der Waals surface area contributed by atoms with Gasteiger partial charge in [-0.2, -0.15) is 0 Å². The summed E-state index contributed by atoms with van der Waals surface area (Å²) in [6.45, 7) is 2.07. The number of hydrogen-bond acceptors (Lipinski definition) is 2. The van der Waals surface area contributed by atoms with E-state index < -0.39 is 0 Å². The Kier molecular flexibility index (Phi) is 3.49. The fourth-order valence-electron chi connectivity index (χ4n) is 0.663. The Hall–Kier alpha value is 0.0800. The highest BCUT2D eigenvalue weighted by Crippen LogP contribution is 2.26. The fourth-order valence-corrected chi connectivity index (χ4v) is 1.81. The van der Waals surface area contributed by atoms with E-state index in [0.29, 0.717) is 10.3 Å². The van der Waals surface area contributed by atoms with E-state index in [2.05, 4.69) is 11.9 Å². The third-order valence-corrected chi connectivity index (χ3v) is 2.62. The van der Waals surface area contributed by atoms with Crippen LogP contribution in [0.25, 0.3) is 0 Å². The first-order valence-electron chi connectivity index (χ1n) is 3.19. The topological polar surface area (TPSA) is 12.9 Å². The summed E-state index contributed by atoms with van der Waals surface area (Å²) in [6, 6.07) is 3.62. The van der Waals surface area contributed by atoms with E-state index in [0.717, 1.165) is 10.6 Å². The lowest BCUT2D eigenvalue weighted by molar-refractivity contribution is 1.24. The van der Waals surface area contributed by atoms with Gasteiger partial charge in [0, 0.05) is 4.90 Å². The second-order valence-electron chi connectivity index (χ2n) is 1.86. The zero-order valence-electron chi connectivity index (χ0n) is 5.97. The molecule has 0 aliphatic heterocycles. The van der Waals surface area contributed by atoms with Gasteiger partial charge in [-0.05, 0) is 17.9 Å². The van der Waals surface area contributed by atoms with E-state index in [1.165, 1.54) is 0 Å². The molecule has 0 aliphatic carbocycles. The molecule has 60 valence electrons. The molecule has 0 atom stereocenters. The van der Waals surface area contributed by atoms with Crippen molar-refractivity contribution in [1.29, 1.82) is 0 Å². The molecule has 0 saturated carbocycles. The lowest BCUT2D eigenvalue weighted by atomic mass is 10.5. The molecule has 0 spiro atoms. The number of aromatic nitrogens is 1. The lowest BCUT2D eigenvalue weighted by Crippen LogP contribution is -1.80. The number of nitrogens with zero attached hydrogens (tertiary/aromatic N) is 1. The maximum absolute atomic E-state index is 5.79. The molecule has 1 aromatic rings. The number of thioether (sulfide) groups is 1. The van der Waals surface area contributed by atoms with Crippen molar-refractivity contribution in [2.24, 2.45) is 0 Å². The molecule has 4 heteroatoms. The van der Waals surface area contributed by atoms with Gasteiger partial charge in [0.25, 0.3) is 0 Å². The number of rotatable bonds is 2. The zero-order chi connectivity index (χ0) is 8.27. The van der Waals surface area contributed by atoms with Crippen LogP contribution in [0.4, 0.5) is 0 Å². The molecule has 0 aliphatic rings. The maximum atomic E-state index is 5.79. The SMILES string of the molecule is CCSc1ccc(Cl)nc1Cl. The molecule has 0 amide bonds. The average molecular weight is 208 g/mol. The van der Waals surface area contributed by atoms with Crippen LogP contribution < -0.4 is 0 Å². The number of pyridine rings is 1. The summed E-state index contributed by atoms with van der Waals surface area (Å²) in [4.78, 5) is 4.89. The van der Waals surface area contributed by atoms with Crippen molar-refractivity contribution in [3.63, 3.8) is 0 Å². The molecule has 1 rings (SSSR count). The Morgan fingerprint density at radius 3 is 2.73 bits per heavy atom. The summed E-state index contributed by atoms with van der Waals surface area (Å²) >= 11 is 13.1. The summed E-state index contributed by atoms with van der Waals surface area (Å²) in [7, 11) is 0. The molecule has 0 fully saturated rings. The highest BCUT2D eigenvalue weighted by molar-refractivity contribution is 7.99. The molecule has 1 heterocycles. The van der Waals surface area contributed by atoms with Crippen molar-refractivity contribution in [2.45, 2.75) is 11.8 Å². The van der Waals surface area contributed by atoms with Gasteiger partial charge in [-0.25, -0.2) is 4.98 Å². The highest BCUT2D eigenvalue weighted by Gasteiger charge is 2.00. The molecule has 0 aromatic carbocycles. The normalized spacial score (nSPS) is 10.1. The van der Waals surface area contributed by atoms with Crippen LogP contribution in [-0.2, 0) is 0 Å². The predicted molar refractivity (Wildman–Crippen MR) is 50.7 cm³/mol. The Balaban J connectivity index is 2.90. The third kappa shape index (κ3) is 2.55. The smallest absolute Gasteiger partial charge is 0.144 e. The number of halogens is 2. The van der Waals surface area contributed by atoms with Crippen molar-refractivity contribution in [2.75, 3.05) is 5.75 Å². The maximum Gasteiger partial charge on any atom is 0.144 e. The predicted octanol–water partition coefficient (Wildman–Crippen LogP) is 3.50. The monoisotopic (exact) mass is 207 g/mol.